The highest BCUT2D eigenvalue weighted by Gasteiger charge is 2.10. The molecule has 0 radical (unpaired) electrons. The van der Waals surface area contributed by atoms with Crippen LogP contribution in [0.15, 0.2) is 24.3 Å². The van der Waals surface area contributed by atoms with Gasteiger partial charge in [0.2, 0.25) is 0 Å². The molecule has 0 aliphatic heterocycles. The molecular weight excluding hydrogens is 265 g/mol. The number of hydrogen-bond acceptors (Lipinski definition) is 2. The predicted octanol–water partition coefficient (Wildman–Crippen LogP) is 2.85. The summed E-state index contributed by atoms with van der Waals surface area (Å²) in [5.74, 6) is -0.153. The topological polar surface area (TPSA) is 29.9 Å². The second-order valence-corrected chi connectivity index (χ2v) is 4.85. The predicted molar refractivity (Wildman–Crippen MR) is 74.8 cm³/mol. The first-order valence-corrected chi connectivity index (χ1v) is 6.59. The molecule has 0 amide bonds. The lowest BCUT2D eigenvalue weighted by molar-refractivity contribution is 0.597. The molecule has 1 N–H and O–H groups in total. The summed E-state index contributed by atoms with van der Waals surface area (Å²) in [6, 6.07) is 6.84. The number of aryl methyl sites for hydroxylation is 2. The van der Waals surface area contributed by atoms with Crippen molar-refractivity contribution in [2.24, 2.45) is 7.05 Å². The molecule has 1 heterocycles. The number of benzene rings is 1. The molecule has 0 bridgehead atoms. The molecule has 5 heteroatoms. The minimum absolute atomic E-state index is 0.153. The minimum atomic E-state index is -0.153. The van der Waals surface area contributed by atoms with Crippen molar-refractivity contribution in [2.45, 2.75) is 19.9 Å². The number of hydrogen-bond donors (Lipinski definition) is 1. The average molecular weight is 282 g/mol. The van der Waals surface area contributed by atoms with Gasteiger partial charge in [-0.1, -0.05) is 29.8 Å². The molecule has 0 saturated carbocycles. The van der Waals surface area contributed by atoms with Crippen LogP contribution in [-0.4, -0.2) is 16.3 Å². The van der Waals surface area contributed by atoms with E-state index in [1.54, 1.807) is 16.8 Å². The Morgan fingerprint density at radius 3 is 2.74 bits per heavy atom. The van der Waals surface area contributed by atoms with Crippen LogP contribution in [0.3, 0.4) is 0 Å². The smallest absolute Gasteiger partial charge is 0.131 e. The number of nitrogens with zero attached hydrogens (tertiary/aromatic N) is 2. The van der Waals surface area contributed by atoms with Crippen LogP contribution >= 0.6 is 11.6 Å². The molecule has 1 aromatic heterocycles. The molecule has 0 fully saturated rings. The summed E-state index contributed by atoms with van der Waals surface area (Å²) in [6.07, 6.45) is 0.656. The van der Waals surface area contributed by atoms with Crippen molar-refractivity contribution < 1.29 is 4.39 Å². The van der Waals surface area contributed by atoms with Crippen molar-refractivity contribution in [1.29, 1.82) is 0 Å². The summed E-state index contributed by atoms with van der Waals surface area (Å²) in [7, 11) is 1.82. The molecule has 0 aliphatic rings. The van der Waals surface area contributed by atoms with Crippen LogP contribution in [0.4, 0.5) is 4.39 Å². The first-order chi connectivity index (χ1) is 9.09. The van der Waals surface area contributed by atoms with Crippen molar-refractivity contribution in [2.75, 3.05) is 6.54 Å². The standard InChI is InChI=1S/C14H17ClFN3/c1-10-12(14(15)19(2)18-10)9-17-8-7-11-5-3-4-6-13(11)16/h3-6,17H,7-9H2,1-2H3. The lowest BCUT2D eigenvalue weighted by Crippen LogP contribution is -2.17. The lowest BCUT2D eigenvalue weighted by atomic mass is 10.1. The van der Waals surface area contributed by atoms with E-state index in [-0.39, 0.29) is 5.82 Å². The quantitative estimate of drug-likeness (QED) is 0.854. The molecular formula is C14H17ClFN3. The minimum Gasteiger partial charge on any atom is -0.312 e. The van der Waals surface area contributed by atoms with E-state index >= 15 is 0 Å². The van der Waals surface area contributed by atoms with Gasteiger partial charge in [0.05, 0.1) is 5.69 Å². The number of halogens is 2. The summed E-state index contributed by atoms with van der Waals surface area (Å²) < 4.78 is 15.1. The van der Waals surface area contributed by atoms with E-state index < -0.39 is 0 Å². The van der Waals surface area contributed by atoms with Crippen LogP contribution in [0, 0.1) is 12.7 Å². The van der Waals surface area contributed by atoms with E-state index in [0.717, 1.165) is 16.8 Å². The van der Waals surface area contributed by atoms with Crippen molar-refractivity contribution in [1.82, 2.24) is 15.1 Å². The van der Waals surface area contributed by atoms with Gasteiger partial charge in [-0.3, -0.25) is 4.68 Å². The van der Waals surface area contributed by atoms with Gasteiger partial charge in [-0.2, -0.15) is 5.10 Å². The van der Waals surface area contributed by atoms with Crippen molar-refractivity contribution in [3.05, 3.63) is 52.1 Å². The summed E-state index contributed by atoms with van der Waals surface area (Å²) in [5, 5.41) is 8.16. The van der Waals surface area contributed by atoms with Gasteiger partial charge < -0.3 is 5.32 Å². The van der Waals surface area contributed by atoms with E-state index in [4.69, 9.17) is 11.6 Å². The fourth-order valence-corrected chi connectivity index (χ4v) is 2.25. The Morgan fingerprint density at radius 2 is 2.11 bits per heavy atom. The second kappa shape index (κ2) is 6.17. The van der Waals surface area contributed by atoms with E-state index in [2.05, 4.69) is 10.4 Å². The summed E-state index contributed by atoms with van der Waals surface area (Å²) in [4.78, 5) is 0. The fourth-order valence-electron chi connectivity index (χ4n) is 2.01. The van der Waals surface area contributed by atoms with Gasteiger partial charge in [0.15, 0.2) is 0 Å². The second-order valence-electron chi connectivity index (χ2n) is 4.50. The van der Waals surface area contributed by atoms with Gasteiger partial charge >= 0.3 is 0 Å². The largest absolute Gasteiger partial charge is 0.312 e. The maximum atomic E-state index is 13.4. The molecule has 0 spiro atoms. The third-order valence-corrected chi connectivity index (χ3v) is 3.57. The monoisotopic (exact) mass is 281 g/mol. The van der Waals surface area contributed by atoms with Gasteiger partial charge in [0, 0.05) is 19.2 Å². The number of aromatic nitrogens is 2. The van der Waals surface area contributed by atoms with Crippen LogP contribution in [0.1, 0.15) is 16.8 Å². The van der Waals surface area contributed by atoms with Crippen LogP contribution in [-0.2, 0) is 20.0 Å². The third kappa shape index (κ3) is 3.33. The zero-order chi connectivity index (χ0) is 13.8. The Morgan fingerprint density at radius 1 is 1.37 bits per heavy atom. The Kier molecular flexibility index (Phi) is 4.56. The third-order valence-electron chi connectivity index (χ3n) is 3.10. The average Bonchev–Trinajstić information content (AvgIpc) is 2.62. The number of nitrogens with one attached hydrogen (secondary N) is 1. The van der Waals surface area contributed by atoms with E-state index in [1.165, 1.54) is 6.07 Å². The molecule has 19 heavy (non-hydrogen) atoms. The summed E-state index contributed by atoms with van der Waals surface area (Å²) >= 11 is 6.14. The van der Waals surface area contributed by atoms with Crippen molar-refractivity contribution in [3.8, 4) is 0 Å². The van der Waals surface area contributed by atoms with Crippen molar-refractivity contribution in [3.63, 3.8) is 0 Å². The van der Waals surface area contributed by atoms with Gasteiger partial charge in [-0.25, -0.2) is 4.39 Å². The maximum absolute atomic E-state index is 13.4. The van der Waals surface area contributed by atoms with Gasteiger partial charge in [-0.15, -0.1) is 0 Å². The highest BCUT2D eigenvalue weighted by Crippen LogP contribution is 2.18. The lowest BCUT2D eigenvalue weighted by Gasteiger charge is -2.06. The Balaban J connectivity index is 1.86. The molecule has 0 saturated heterocycles. The van der Waals surface area contributed by atoms with Crippen molar-refractivity contribution >= 4 is 11.6 Å². The van der Waals surface area contributed by atoms with Gasteiger partial charge in [0.25, 0.3) is 0 Å². The molecule has 102 valence electrons. The van der Waals surface area contributed by atoms with E-state index in [0.29, 0.717) is 24.7 Å². The molecule has 2 rings (SSSR count). The maximum Gasteiger partial charge on any atom is 0.131 e. The molecule has 0 atom stereocenters. The van der Waals surface area contributed by atoms with Crippen LogP contribution < -0.4 is 5.32 Å². The Labute approximate surface area is 117 Å². The molecule has 0 aliphatic carbocycles. The highest BCUT2D eigenvalue weighted by atomic mass is 35.5. The van der Waals surface area contributed by atoms with E-state index in [1.807, 2.05) is 20.0 Å². The molecule has 3 nitrogen and oxygen atoms in total. The summed E-state index contributed by atoms with van der Waals surface area (Å²) in [5.41, 5.74) is 2.65. The zero-order valence-electron chi connectivity index (χ0n) is 11.1. The molecule has 0 unspecified atom stereocenters. The van der Waals surface area contributed by atoms with Crippen LogP contribution in [0.5, 0.6) is 0 Å². The molecule has 2 aromatic rings. The Hall–Kier alpha value is -1.39. The SMILES string of the molecule is Cc1nn(C)c(Cl)c1CNCCc1ccccc1F. The first kappa shape index (κ1) is 14.0. The highest BCUT2D eigenvalue weighted by molar-refractivity contribution is 6.30. The Bertz CT molecular complexity index is 566. The van der Waals surface area contributed by atoms with Crippen LogP contribution in [0.2, 0.25) is 5.15 Å². The normalized spacial score (nSPS) is 10.9. The molecule has 1 aromatic carbocycles. The zero-order valence-corrected chi connectivity index (χ0v) is 11.8. The number of rotatable bonds is 5. The van der Waals surface area contributed by atoms with Gasteiger partial charge in [-0.05, 0) is 31.5 Å². The van der Waals surface area contributed by atoms with E-state index in [9.17, 15) is 4.39 Å². The van der Waals surface area contributed by atoms with Crippen LogP contribution in [0.25, 0.3) is 0 Å². The summed E-state index contributed by atoms with van der Waals surface area (Å²) in [6.45, 7) is 3.28. The van der Waals surface area contributed by atoms with Gasteiger partial charge in [0.1, 0.15) is 11.0 Å². The first-order valence-electron chi connectivity index (χ1n) is 6.21. The fraction of sp³-hybridized carbons (Fsp3) is 0.357.